The van der Waals surface area contributed by atoms with Gasteiger partial charge < -0.3 is 9.94 Å². The number of nitrogens with zero attached hydrogens (tertiary/aromatic N) is 2. The Morgan fingerprint density at radius 2 is 2.60 bits per heavy atom. The van der Waals surface area contributed by atoms with Crippen LogP contribution in [0.15, 0.2) is 5.16 Å². The molecule has 4 heteroatoms. The van der Waals surface area contributed by atoms with Crippen LogP contribution >= 0.6 is 0 Å². The van der Waals surface area contributed by atoms with Crippen molar-refractivity contribution in [3.63, 3.8) is 0 Å². The molecule has 0 amide bonds. The summed E-state index contributed by atoms with van der Waals surface area (Å²) >= 11 is 0. The summed E-state index contributed by atoms with van der Waals surface area (Å²) in [6.45, 7) is 1.74. The molecule has 1 aliphatic rings. The SMILES string of the molecule is CO/N=C1\CCN(CO)C1. The second kappa shape index (κ2) is 3.53. The van der Waals surface area contributed by atoms with Crippen molar-refractivity contribution in [1.82, 2.24) is 4.90 Å². The topological polar surface area (TPSA) is 45.1 Å². The molecule has 0 spiro atoms. The summed E-state index contributed by atoms with van der Waals surface area (Å²) in [5.74, 6) is 0. The van der Waals surface area contributed by atoms with Crippen LogP contribution < -0.4 is 0 Å². The third-order valence-electron chi connectivity index (χ3n) is 1.54. The Morgan fingerprint density at radius 1 is 1.80 bits per heavy atom. The Kier molecular flexibility index (Phi) is 2.65. The molecule has 58 valence electrons. The third kappa shape index (κ3) is 1.68. The maximum absolute atomic E-state index is 8.68. The molecular weight excluding hydrogens is 132 g/mol. The van der Waals surface area contributed by atoms with Gasteiger partial charge in [0.1, 0.15) is 7.11 Å². The van der Waals surface area contributed by atoms with E-state index in [0.29, 0.717) is 0 Å². The highest BCUT2D eigenvalue weighted by Gasteiger charge is 2.16. The van der Waals surface area contributed by atoms with Crippen LogP contribution in [0.5, 0.6) is 0 Å². The maximum Gasteiger partial charge on any atom is 0.106 e. The summed E-state index contributed by atoms with van der Waals surface area (Å²) < 4.78 is 0. The zero-order chi connectivity index (χ0) is 7.40. The van der Waals surface area contributed by atoms with Gasteiger partial charge in [-0.15, -0.1) is 0 Å². The van der Waals surface area contributed by atoms with E-state index in [2.05, 4.69) is 9.99 Å². The molecule has 0 aromatic rings. The van der Waals surface area contributed by atoms with Crippen molar-refractivity contribution in [2.24, 2.45) is 5.16 Å². The quantitative estimate of drug-likeness (QED) is 0.538. The first-order chi connectivity index (χ1) is 4.86. The summed E-state index contributed by atoms with van der Waals surface area (Å²) in [6, 6.07) is 0. The molecule has 0 atom stereocenters. The predicted octanol–water partition coefficient (Wildman–Crippen LogP) is -0.356. The largest absolute Gasteiger partial charge is 0.399 e. The monoisotopic (exact) mass is 144 g/mol. The minimum atomic E-state index is 0.114. The first-order valence-electron chi connectivity index (χ1n) is 3.29. The molecule has 0 aromatic carbocycles. The van der Waals surface area contributed by atoms with E-state index in [0.717, 1.165) is 25.2 Å². The van der Waals surface area contributed by atoms with Gasteiger partial charge in [-0.05, 0) is 0 Å². The highest BCUT2D eigenvalue weighted by molar-refractivity contribution is 5.87. The fourth-order valence-corrected chi connectivity index (χ4v) is 1.03. The lowest BCUT2D eigenvalue weighted by Gasteiger charge is -2.06. The summed E-state index contributed by atoms with van der Waals surface area (Å²) in [5.41, 5.74) is 1.01. The van der Waals surface area contributed by atoms with Crippen LogP contribution in [-0.2, 0) is 4.84 Å². The van der Waals surface area contributed by atoms with Crippen LogP contribution in [0.4, 0.5) is 0 Å². The molecule has 0 unspecified atom stereocenters. The highest BCUT2D eigenvalue weighted by atomic mass is 16.6. The molecule has 0 radical (unpaired) electrons. The van der Waals surface area contributed by atoms with Gasteiger partial charge in [-0.2, -0.15) is 0 Å². The van der Waals surface area contributed by atoms with Gasteiger partial charge in [0.15, 0.2) is 0 Å². The van der Waals surface area contributed by atoms with Crippen LogP contribution in [-0.4, -0.2) is 42.6 Å². The molecule has 1 rings (SSSR count). The van der Waals surface area contributed by atoms with Crippen LogP contribution in [0.2, 0.25) is 0 Å². The lowest BCUT2D eigenvalue weighted by atomic mass is 10.3. The van der Waals surface area contributed by atoms with E-state index in [9.17, 15) is 0 Å². The second-order valence-corrected chi connectivity index (χ2v) is 2.28. The molecule has 1 saturated heterocycles. The summed E-state index contributed by atoms with van der Waals surface area (Å²) in [4.78, 5) is 6.50. The van der Waals surface area contributed by atoms with E-state index >= 15 is 0 Å². The third-order valence-corrected chi connectivity index (χ3v) is 1.54. The van der Waals surface area contributed by atoms with Crippen LogP contribution in [0, 0.1) is 0 Å². The van der Waals surface area contributed by atoms with E-state index < -0.39 is 0 Å². The van der Waals surface area contributed by atoms with Crippen molar-refractivity contribution >= 4 is 5.71 Å². The number of oxime groups is 1. The van der Waals surface area contributed by atoms with Crippen molar-refractivity contribution in [3.8, 4) is 0 Å². The number of hydrogen-bond donors (Lipinski definition) is 1. The van der Waals surface area contributed by atoms with Crippen molar-refractivity contribution in [3.05, 3.63) is 0 Å². The van der Waals surface area contributed by atoms with Gasteiger partial charge in [0.05, 0.1) is 12.4 Å². The normalized spacial score (nSPS) is 24.0. The first kappa shape index (κ1) is 7.50. The average molecular weight is 144 g/mol. The second-order valence-electron chi connectivity index (χ2n) is 2.28. The molecule has 1 aliphatic heterocycles. The fraction of sp³-hybridized carbons (Fsp3) is 0.833. The van der Waals surface area contributed by atoms with Crippen LogP contribution in [0.1, 0.15) is 6.42 Å². The van der Waals surface area contributed by atoms with Gasteiger partial charge in [-0.3, -0.25) is 4.90 Å². The Morgan fingerprint density at radius 3 is 3.10 bits per heavy atom. The van der Waals surface area contributed by atoms with Gasteiger partial charge in [-0.1, -0.05) is 5.16 Å². The number of hydrogen-bond acceptors (Lipinski definition) is 4. The Bertz CT molecular complexity index is 136. The van der Waals surface area contributed by atoms with Gasteiger partial charge in [0.2, 0.25) is 0 Å². The average Bonchev–Trinajstić information content (AvgIpc) is 2.37. The van der Waals surface area contributed by atoms with E-state index in [1.165, 1.54) is 7.11 Å². The minimum Gasteiger partial charge on any atom is -0.399 e. The molecule has 10 heavy (non-hydrogen) atoms. The number of aliphatic hydroxyl groups excluding tert-OH is 1. The van der Waals surface area contributed by atoms with Crippen molar-refractivity contribution in [2.75, 3.05) is 26.9 Å². The van der Waals surface area contributed by atoms with Crippen molar-refractivity contribution < 1.29 is 9.94 Å². The Hall–Kier alpha value is -0.610. The molecule has 0 saturated carbocycles. The molecule has 4 nitrogen and oxygen atoms in total. The van der Waals surface area contributed by atoms with Crippen LogP contribution in [0.3, 0.4) is 0 Å². The lowest BCUT2D eigenvalue weighted by Crippen LogP contribution is -2.21. The smallest absolute Gasteiger partial charge is 0.106 e. The van der Waals surface area contributed by atoms with E-state index in [-0.39, 0.29) is 6.73 Å². The molecule has 1 N–H and O–H groups in total. The van der Waals surface area contributed by atoms with E-state index in [4.69, 9.17) is 5.11 Å². The van der Waals surface area contributed by atoms with E-state index in [1.54, 1.807) is 0 Å². The highest BCUT2D eigenvalue weighted by Crippen LogP contribution is 2.03. The zero-order valence-corrected chi connectivity index (χ0v) is 6.08. The first-order valence-corrected chi connectivity index (χ1v) is 3.29. The van der Waals surface area contributed by atoms with Gasteiger partial charge in [-0.25, -0.2) is 0 Å². The molecule has 1 fully saturated rings. The number of rotatable bonds is 2. The zero-order valence-electron chi connectivity index (χ0n) is 6.08. The molecular formula is C6H12N2O2. The predicted molar refractivity (Wildman–Crippen MR) is 37.7 cm³/mol. The maximum atomic E-state index is 8.68. The standard InChI is InChI=1S/C6H12N2O2/c1-10-7-6-2-3-8(4-6)5-9/h9H,2-5H2,1H3/b7-6+. The number of aliphatic hydroxyl groups is 1. The molecule has 1 heterocycles. The summed E-state index contributed by atoms with van der Waals surface area (Å²) in [6.07, 6.45) is 0.911. The van der Waals surface area contributed by atoms with Crippen molar-refractivity contribution in [2.45, 2.75) is 6.42 Å². The van der Waals surface area contributed by atoms with Gasteiger partial charge in [0.25, 0.3) is 0 Å². The molecule has 0 aliphatic carbocycles. The molecule has 0 bridgehead atoms. The van der Waals surface area contributed by atoms with Gasteiger partial charge >= 0.3 is 0 Å². The summed E-state index contributed by atoms with van der Waals surface area (Å²) in [7, 11) is 1.54. The van der Waals surface area contributed by atoms with Crippen LogP contribution in [0.25, 0.3) is 0 Å². The lowest BCUT2D eigenvalue weighted by molar-refractivity contribution is 0.135. The fourth-order valence-electron chi connectivity index (χ4n) is 1.03. The van der Waals surface area contributed by atoms with Crippen molar-refractivity contribution in [1.29, 1.82) is 0 Å². The minimum absolute atomic E-state index is 0.114. The van der Waals surface area contributed by atoms with E-state index in [1.807, 2.05) is 4.90 Å². The Labute approximate surface area is 60.1 Å². The summed E-state index contributed by atoms with van der Waals surface area (Å²) in [5, 5.41) is 12.5. The molecule has 0 aromatic heterocycles. The number of likely N-dealkylation sites (tertiary alicyclic amines) is 1. The Balaban J connectivity index is 2.35. The van der Waals surface area contributed by atoms with Gasteiger partial charge in [0, 0.05) is 19.5 Å².